The first-order chi connectivity index (χ1) is 11.6. The number of hydrogen-bond donors (Lipinski definition) is 2. The predicted molar refractivity (Wildman–Crippen MR) is 94.6 cm³/mol. The van der Waals surface area contributed by atoms with Crippen LogP contribution in [0.15, 0.2) is 64.8 Å². The molecule has 2 N–H and O–H groups in total. The Bertz CT molecular complexity index is 764. The fourth-order valence-corrected chi connectivity index (χ4v) is 2.19. The van der Waals surface area contributed by atoms with Gasteiger partial charge in [-0.15, -0.1) is 0 Å². The quantitative estimate of drug-likeness (QED) is 0.450. The molecule has 0 bridgehead atoms. The summed E-state index contributed by atoms with van der Waals surface area (Å²) < 4.78 is 13.8. The van der Waals surface area contributed by atoms with Gasteiger partial charge in [0.15, 0.2) is 0 Å². The van der Waals surface area contributed by atoms with Crippen LogP contribution in [0.3, 0.4) is 0 Å². The van der Waals surface area contributed by atoms with Gasteiger partial charge >= 0.3 is 0 Å². The summed E-state index contributed by atoms with van der Waals surface area (Å²) in [6, 6.07) is 15.1. The largest absolute Gasteiger partial charge is 0.389 e. The highest BCUT2D eigenvalue weighted by molar-refractivity contribution is 9.10. The van der Waals surface area contributed by atoms with Crippen molar-refractivity contribution in [3.8, 4) is 6.07 Å². The van der Waals surface area contributed by atoms with E-state index in [1.54, 1.807) is 0 Å². The van der Waals surface area contributed by atoms with E-state index in [-0.39, 0.29) is 5.57 Å². The standard InChI is InChI=1S/C18H15BrFN3O/c19-15-3-1-13(2-4-15)9-10-22-12-14(11-21)18(24)23-17-7-5-16(20)6-8-17/h1-8,12,22H,9-10H2,(H,23,24)/b14-12-. The molecule has 1 amide bonds. The summed E-state index contributed by atoms with van der Waals surface area (Å²) in [5, 5.41) is 14.6. The molecule has 0 aliphatic heterocycles. The fraction of sp³-hybridized carbons (Fsp3) is 0.111. The van der Waals surface area contributed by atoms with Gasteiger partial charge in [0.2, 0.25) is 0 Å². The zero-order valence-corrected chi connectivity index (χ0v) is 14.3. The van der Waals surface area contributed by atoms with E-state index in [4.69, 9.17) is 5.26 Å². The summed E-state index contributed by atoms with van der Waals surface area (Å²) in [6.45, 7) is 0.594. The van der Waals surface area contributed by atoms with Gasteiger partial charge in [0, 0.05) is 22.9 Å². The van der Waals surface area contributed by atoms with Gasteiger partial charge in [-0.3, -0.25) is 4.79 Å². The number of anilines is 1. The molecule has 4 nitrogen and oxygen atoms in total. The van der Waals surface area contributed by atoms with Gasteiger partial charge in [0.05, 0.1) is 0 Å². The van der Waals surface area contributed by atoms with Crippen LogP contribution in [0.25, 0.3) is 0 Å². The predicted octanol–water partition coefficient (Wildman–Crippen LogP) is 3.77. The van der Waals surface area contributed by atoms with Crippen molar-refractivity contribution in [2.45, 2.75) is 6.42 Å². The van der Waals surface area contributed by atoms with E-state index in [1.165, 1.54) is 30.5 Å². The Morgan fingerprint density at radius 1 is 1.17 bits per heavy atom. The average molecular weight is 388 g/mol. The first-order valence-corrected chi connectivity index (χ1v) is 8.03. The van der Waals surface area contributed by atoms with E-state index in [9.17, 15) is 9.18 Å². The van der Waals surface area contributed by atoms with Gasteiger partial charge < -0.3 is 10.6 Å². The third-order valence-corrected chi connectivity index (χ3v) is 3.71. The van der Waals surface area contributed by atoms with Gasteiger partial charge in [-0.05, 0) is 48.4 Å². The second-order valence-electron chi connectivity index (χ2n) is 4.96. The minimum absolute atomic E-state index is 0.0462. The molecule has 0 radical (unpaired) electrons. The van der Waals surface area contributed by atoms with Gasteiger partial charge in [-0.2, -0.15) is 5.26 Å². The summed E-state index contributed by atoms with van der Waals surface area (Å²) in [5.74, 6) is -0.932. The maximum absolute atomic E-state index is 12.8. The molecule has 0 unspecified atom stereocenters. The van der Waals surface area contributed by atoms with Crippen LogP contribution >= 0.6 is 15.9 Å². The van der Waals surface area contributed by atoms with Crippen molar-refractivity contribution in [2.24, 2.45) is 0 Å². The van der Waals surface area contributed by atoms with Gasteiger partial charge in [0.1, 0.15) is 17.5 Å². The molecule has 24 heavy (non-hydrogen) atoms. The topological polar surface area (TPSA) is 64.9 Å². The Kier molecular flexibility index (Phi) is 6.52. The minimum atomic E-state index is -0.541. The average Bonchev–Trinajstić information content (AvgIpc) is 2.58. The van der Waals surface area contributed by atoms with Gasteiger partial charge in [-0.25, -0.2) is 4.39 Å². The Hall–Kier alpha value is -2.65. The number of halogens is 2. The van der Waals surface area contributed by atoms with E-state index in [0.717, 1.165) is 16.5 Å². The Labute approximate surface area is 148 Å². The number of hydrogen-bond acceptors (Lipinski definition) is 3. The number of rotatable bonds is 6. The molecule has 0 saturated heterocycles. The van der Waals surface area contributed by atoms with Crippen molar-refractivity contribution in [1.82, 2.24) is 5.32 Å². The molecule has 0 heterocycles. The first kappa shape index (κ1) is 17.7. The van der Waals surface area contributed by atoms with E-state index < -0.39 is 11.7 Å². The highest BCUT2D eigenvalue weighted by Crippen LogP contribution is 2.11. The highest BCUT2D eigenvalue weighted by atomic mass is 79.9. The molecule has 0 atom stereocenters. The zero-order chi connectivity index (χ0) is 17.4. The van der Waals surface area contributed by atoms with Crippen molar-refractivity contribution in [2.75, 3.05) is 11.9 Å². The number of nitriles is 1. The molecule has 122 valence electrons. The number of carbonyl (C=O) groups excluding carboxylic acids is 1. The molecule has 0 aromatic heterocycles. The SMILES string of the molecule is N#C/C(=C/NCCc1ccc(Br)cc1)C(=O)Nc1ccc(F)cc1. The zero-order valence-electron chi connectivity index (χ0n) is 12.7. The number of carbonyl (C=O) groups is 1. The molecule has 0 fully saturated rings. The van der Waals surface area contributed by atoms with E-state index in [0.29, 0.717) is 12.2 Å². The van der Waals surface area contributed by atoms with Crippen LogP contribution in [-0.2, 0) is 11.2 Å². The van der Waals surface area contributed by atoms with Crippen LogP contribution in [0.1, 0.15) is 5.56 Å². The van der Waals surface area contributed by atoms with Crippen molar-refractivity contribution < 1.29 is 9.18 Å². The molecule has 2 rings (SSSR count). The van der Waals surface area contributed by atoms with Crippen LogP contribution in [0.4, 0.5) is 10.1 Å². The lowest BCUT2D eigenvalue weighted by Gasteiger charge is -2.05. The van der Waals surface area contributed by atoms with Gasteiger partial charge in [-0.1, -0.05) is 28.1 Å². The van der Waals surface area contributed by atoms with Gasteiger partial charge in [0.25, 0.3) is 5.91 Å². The highest BCUT2D eigenvalue weighted by Gasteiger charge is 2.09. The third-order valence-electron chi connectivity index (χ3n) is 3.18. The van der Waals surface area contributed by atoms with E-state index in [1.807, 2.05) is 30.3 Å². The Morgan fingerprint density at radius 3 is 2.46 bits per heavy atom. The Morgan fingerprint density at radius 2 is 1.83 bits per heavy atom. The first-order valence-electron chi connectivity index (χ1n) is 7.23. The summed E-state index contributed by atoms with van der Waals surface area (Å²) in [7, 11) is 0. The number of nitrogens with one attached hydrogen (secondary N) is 2. The lowest BCUT2D eigenvalue weighted by Crippen LogP contribution is -2.18. The Balaban J connectivity index is 1.86. The van der Waals surface area contributed by atoms with Crippen LogP contribution in [-0.4, -0.2) is 12.5 Å². The number of amides is 1. The second kappa shape index (κ2) is 8.85. The number of nitrogens with zero attached hydrogens (tertiary/aromatic N) is 1. The molecule has 0 aliphatic carbocycles. The third kappa shape index (κ3) is 5.52. The van der Waals surface area contributed by atoms with Crippen molar-refractivity contribution in [3.63, 3.8) is 0 Å². The van der Waals surface area contributed by atoms with Crippen LogP contribution in [0.2, 0.25) is 0 Å². The van der Waals surface area contributed by atoms with E-state index in [2.05, 4.69) is 26.6 Å². The fourth-order valence-electron chi connectivity index (χ4n) is 1.92. The van der Waals surface area contributed by atoms with Crippen molar-refractivity contribution in [3.05, 3.63) is 76.2 Å². The normalized spacial score (nSPS) is 10.8. The lowest BCUT2D eigenvalue weighted by molar-refractivity contribution is -0.112. The number of benzene rings is 2. The van der Waals surface area contributed by atoms with E-state index >= 15 is 0 Å². The maximum atomic E-state index is 12.8. The van der Waals surface area contributed by atoms with Crippen LogP contribution in [0, 0.1) is 17.1 Å². The van der Waals surface area contributed by atoms with Crippen molar-refractivity contribution >= 4 is 27.5 Å². The van der Waals surface area contributed by atoms with Crippen LogP contribution < -0.4 is 10.6 Å². The molecule has 2 aromatic rings. The lowest BCUT2D eigenvalue weighted by atomic mass is 10.1. The second-order valence-corrected chi connectivity index (χ2v) is 5.88. The maximum Gasteiger partial charge on any atom is 0.267 e. The molecule has 0 saturated carbocycles. The van der Waals surface area contributed by atoms with Crippen molar-refractivity contribution in [1.29, 1.82) is 5.26 Å². The summed E-state index contributed by atoms with van der Waals surface area (Å²) in [5.41, 5.74) is 1.53. The summed E-state index contributed by atoms with van der Waals surface area (Å²) >= 11 is 3.38. The summed E-state index contributed by atoms with van der Waals surface area (Å²) in [6.07, 6.45) is 2.15. The molecular formula is C18H15BrFN3O. The molecule has 6 heteroatoms. The van der Waals surface area contributed by atoms with Crippen LogP contribution in [0.5, 0.6) is 0 Å². The molecule has 2 aromatic carbocycles. The molecule has 0 spiro atoms. The molecular weight excluding hydrogens is 373 g/mol. The molecule has 0 aliphatic rings. The minimum Gasteiger partial charge on any atom is -0.389 e. The smallest absolute Gasteiger partial charge is 0.267 e. The monoisotopic (exact) mass is 387 g/mol. The summed E-state index contributed by atoms with van der Waals surface area (Å²) in [4.78, 5) is 12.0.